The van der Waals surface area contributed by atoms with E-state index in [0.29, 0.717) is 37.6 Å². The first kappa shape index (κ1) is 38.0. The first-order valence-corrected chi connectivity index (χ1v) is 16.8. The smallest absolute Gasteiger partial charge is 0.460 e. The summed E-state index contributed by atoms with van der Waals surface area (Å²) in [5.74, 6) is -18.3. The largest absolute Gasteiger partial charge is 0.508 e. The van der Waals surface area contributed by atoms with Gasteiger partial charge in [0.25, 0.3) is 0 Å². The molecule has 0 amide bonds. The fraction of sp³-hybridized carbons (Fsp3) is 0.824. The molecule has 0 aromatic heterocycles. The van der Waals surface area contributed by atoms with E-state index < -0.39 is 36.8 Å². The maximum atomic E-state index is 15.2. The van der Waals surface area contributed by atoms with Crippen molar-refractivity contribution in [3.8, 4) is 5.75 Å². The van der Waals surface area contributed by atoms with Gasteiger partial charge in [-0.1, -0.05) is 32.6 Å². The molecule has 1 aromatic carbocycles. The molecule has 13 heteroatoms. The van der Waals surface area contributed by atoms with Crippen molar-refractivity contribution in [3.05, 3.63) is 29.1 Å². The number of unbranched alkanes of at least 4 members (excludes halogenated alkanes) is 5. The van der Waals surface area contributed by atoms with E-state index in [1.807, 2.05) is 11.9 Å². The standard InChI is InChI=1S/C34H47F10NO2/c1-30-15-13-24-28(25(30)11-12-27(30)47)21(18-22-19-23(46)20-26(35)29(22)24)10-6-5-9-17-45(2)16-8-4-3-7-14-31(36,37)32(38,39)33(40,41)34(42,43)44/h19-21,24-25,27-28,46-47H,3-18H2,1-2H3/t21-,24+,25+,27+,28-,30+/m1/s1. The number of hydrogen-bond donors (Lipinski definition) is 2. The monoisotopic (exact) mass is 691 g/mol. The van der Waals surface area contributed by atoms with Crippen LogP contribution in [0.3, 0.4) is 0 Å². The molecule has 2 N–H and O–H groups in total. The second-order valence-corrected chi connectivity index (χ2v) is 14.6. The summed E-state index contributed by atoms with van der Waals surface area (Å²) in [6.07, 6.45) is -0.906. The Balaban J connectivity index is 1.19. The van der Waals surface area contributed by atoms with Crippen molar-refractivity contribution in [2.24, 2.45) is 23.2 Å². The molecule has 4 rings (SSSR count). The number of benzene rings is 1. The lowest BCUT2D eigenvalue weighted by molar-refractivity contribution is -0.396. The van der Waals surface area contributed by atoms with Crippen LogP contribution in [0.15, 0.2) is 12.1 Å². The van der Waals surface area contributed by atoms with E-state index >= 15 is 4.39 Å². The average molecular weight is 692 g/mol. The maximum Gasteiger partial charge on any atom is 0.460 e. The highest BCUT2D eigenvalue weighted by Crippen LogP contribution is 2.63. The summed E-state index contributed by atoms with van der Waals surface area (Å²) >= 11 is 0. The predicted octanol–water partition coefficient (Wildman–Crippen LogP) is 9.89. The van der Waals surface area contributed by atoms with Crippen LogP contribution >= 0.6 is 0 Å². The van der Waals surface area contributed by atoms with Gasteiger partial charge in [-0.2, -0.15) is 39.5 Å². The molecule has 3 nitrogen and oxygen atoms in total. The van der Waals surface area contributed by atoms with Gasteiger partial charge in [-0.15, -0.1) is 0 Å². The van der Waals surface area contributed by atoms with E-state index in [0.717, 1.165) is 69.0 Å². The lowest BCUT2D eigenvalue weighted by Crippen LogP contribution is -2.60. The highest BCUT2D eigenvalue weighted by Gasteiger charge is 2.81. The van der Waals surface area contributed by atoms with Crippen LogP contribution < -0.4 is 0 Å². The molecule has 0 bridgehead atoms. The van der Waals surface area contributed by atoms with Crippen molar-refractivity contribution in [1.29, 1.82) is 0 Å². The number of halogens is 10. The number of nitrogens with zero attached hydrogens (tertiary/aromatic N) is 1. The van der Waals surface area contributed by atoms with E-state index in [9.17, 15) is 49.7 Å². The summed E-state index contributed by atoms with van der Waals surface area (Å²) in [7, 11) is 1.88. The topological polar surface area (TPSA) is 43.7 Å². The number of aliphatic hydroxyl groups excluding tert-OH is 1. The summed E-state index contributed by atoms with van der Waals surface area (Å²) in [5.41, 5.74) is 1.46. The Hall–Kier alpha value is -1.76. The number of rotatable bonds is 15. The Morgan fingerprint density at radius 2 is 1.45 bits per heavy atom. The third-order valence-electron chi connectivity index (χ3n) is 11.5. The zero-order valence-electron chi connectivity index (χ0n) is 27.0. The van der Waals surface area contributed by atoms with Gasteiger partial charge in [0.1, 0.15) is 11.6 Å². The molecule has 0 saturated heterocycles. The quantitative estimate of drug-likeness (QED) is 0.142. The molecule has 0 radical (unpaired) electrons. The molecule has 3 aliphatic carbocycles. The molecule has 6 atom stereocenters. The van der Waals surface area contributed by atoms with Gasteiger partial charge in [0.05, 0.1) is 6.10 Å². The first-order valence-electron chi connectivity index (χ1n) is 16.8. The number of alkyl halides is 9. The number of hydrogen-bond acceptors (Lipinski definition) is 3. The van der Waals surface area contributed by atoms with Crippen LogP contribution in [0.5, 0.6) is 5.75 Å². The molecular weight excluding hydrogens is 644 g/mol. The van der Waals surface area contributed by atoms with Crippen LogP contribution in [0.2, 0.25) is 0 Å². The van der Waals surface area contributed by atoms with Crippen molar-refractivity contribution in [1.82, 2.24) is 4.90 Å². The van der Waals surface area contributed by atoms with Crippen LogP contribution in [0, 0.1) is 29.0 Å². The predicted molar refractivity (Wildman–Crippen MR) is 158 cm³/mol. The fourth-order valence-corrected chi connectivity index (χ4v) is 8.84. The average Bonchev–Trinajstić information content (AvgIpc) is 3.27. The molecule has 0 unspecified atom stereocenters. The zero-order valence-corrected chi connectivity index (χ0v) is 27.0. The van der Waals surface area contributed by atoms with E-state index in [1.165, 1.54) is 6.07 Å². The molecule has 0 heterocycles. The molecular formula is C34H47F10NO2. The molecule has 3 aliphatic rings. The summed E-state index contributed by atoms with van der Waals surface area (Å²) in [5, 5.41) is 20.9. The van der Waals surface area contributed by atoms with Crippen molar-refractivity contribution >= 4 is 0 Å². The number of phenolic OH excluding ortho intramolecular Hbond substituents is 1. The van der Waals surface area contributed by atoms with Gasteiger partial charge in [0, 0.05) is 12.5 Å². The number of phenols is 1. The minimum Gasteiger partial charge on any atom is -0.508 e. The van der Waals surface area contributed by atoms with Crippen molar-refractivity contribution in [2.75, 3.05) is 20.1 Å². The van der Waals surface area contributed by atoms with Crippen LogP contribution in [0.25, 0.3) is 0 Å². The Labute approximate surface area is 270 Å². The van der Waals surface area contributed by atoms with Crippen LogP contribution in [0.4, 0.5) is 43.9 Å². The second kappa shape index (κ2) is 14.2. The van der Waals surface area contributed by atoms with E-state index in [2.05, 4.69) is 6.92 Å². The van der Waals surface area contributed by atoms with Gasteiger partial charge in [-0.05, 0) is 124 Å². The van der Waals surface area contributed by atoms with Gasteiger partial charge < -0.3 is 15.1 Å². The molecule has 47 heavy (non-hydrogen) atoms. The van der Waals surface area contributed by atoms with Gasteiger partial charge in [0.2, 0.25) is 0 Å². The summed E-state index contributed by atoms with van der Waals surface area (Å²) in [6, 6.07) is 2.90. The van der Waals surface area contributed by atoms with E-state index in [1.54, 1.807) is 6.07 Å². The van der Waals surface area contributed by atoms with Gasteiger partial charge in [-0.3, -0.25) is 0 Å². The number of aliphatic hydroxyl groups is 1. The van der Waals surface area contributed by atoms with Crippen molar-refractivity contribution in [3.63, 3.8) is 0 Å². The normalized spacial score (nSPS) is 28.3. The van der Waals surface area contributed by atoms with Gasteiger partial charge in [-0.25, -0.2) is 4.39 Å². The Kier molecular flexibility index (Phi) is 11.5. The molecule has 0 spiro atoms. The van der Waals surface area contributed by atoms with Crippen molar-refractivity contribution < 1.29 is 54.1 Å². The highest BCUT2D eigenvalue weighted by molar-refractivity contribution is 5.42. The Morgan fingerprint density at radius 1 is 0.830 bits per heavy atom. The second-order valence-electron chi connectivity index (χ2n) is 14.6. The molecule has 2 saturated carbocycles. The van der Waals surface area contributed by atoms with Crippen molar-refractivity contribution in [2.45, 2.75) is 133 Å². The SMILES string of the molecule is CN(CCCCCCC(F)(F)C(F)(F)C(F)(F)C(F)(F)F)CCCCC[C@@H]1Cc2cc(O)cc(F)c2[C@H]2CC[C@]3(C)[C@@H](O)CC[C@H]3[C@H]12. The Morgan fingerprint density at radius 3 is 2.09 bits per heavy atom. The zero-order chi connectivity index (χ0) is 35.0. The van der Waals surface area contributed by atoms with Crippen LogP contribution in [0.1, 0.15) is 107 Å². The minimum atomic E-state index is -6.84. The molecule has 2 fully saturated rings. The molecule has 270 valence electrons. The summed E-state index contributed by atoms with van der Waals surface area (Å²) in [4.78, 5) is 2.04. The van der Waals surface area contributed by atoms with E-state index in [4.69, 9.17) is 0 Å². The van der Waals surface area contributed by atoms with E-state index in [-0.39, 0.29) is 41.3 Å². The number of aromatic hydroxyl groups is 1. The molecule has 1 aromatic rings. The first-order chi connectivity index (χ1) is 21.7. The van der Waals surface area contributed by atoms with Crippen LogP contribution in [-0.4, -0.2) is 65.3 Å². The molecule has 0 aliphatic heterocycles. The lowest BCUT2D eigenvalue weighted by Gasteiger charge is -2.53. The minimum absolute atomic E-state index is 0.0114. The highest BCUT2D eigenvalue weighted by atomic mass is 19.4. The lowest BCUT2D eigenvalue weighted by atomic mass is 9.52. The van der Waals surface area contributed by atoms with Gasteiger partial charge in [0.15, 0.2) is 0 Å². The maximum absolute atomic E-state index is 15.2. The van der Waals surface area contributed by atoms with Crippen LogP contribution in [-0.2, 0) is 6.42 Å². The third kappa shape index (κ3) is 7.55. The number of fused-ring (bicyclic) bond motifs is 5. The Bertz CT molecular complexity index is 1210. The van der Waals surface area contributed by atoms with Gasteiger partial charge >= 0.3 is 23.9 Å². The fourth-order valence-electron chi connectivity index (χ4n) is 8.84. The summed E-state index contributed by atoms with van der Waals surface area (Å²) in [6.45, 7) is 3.51. The summed E-state index contributed by atoms with van der Waals surface area (Å²) < 4.78 is 132. The third-order valence-corrected chi connectivity index (χ3v) is 11.5.